The number of nitrogens with zero attached hydrogens (tertiary/aromatic N) is 7. The predicted octanol–water partition coefficient (Wildman–Crippen LogP) is 13.2. The van der Waals surface area contributed by atoms with Crippen LogP contribution in [-0.4, -0.2) is 34.9 Å². The molecule has 66 heavy (non-hydrogen) atoms. The molecule has 0 spiro atoms. The van der Waals surface area contributed by atoms with E-state index in [9.17, 15) is 0 Å². The maximum atomic E-state index is 7.24. The van der Waals surface area contributed by atoms with Crippen molar-refractivity contribution in [2.75, 3.05) is 0 Å². The molecule has 0 fully saturated rings. The highest BCUT2D eigenvalue weighted by atomic mass is 16.5. The van der Waals surface area contributed by atoms with E-state index in [0.717, 1.165) is 77.9 Å². The largest absolute Gasteiger partial charge is 0.477 e. The van der Waals surface area contributed by atoms with Crippen molar-refractivity contribution in [1.29, 1.82) is 0 Å². The number of ether oxygens (including phenoxy) is 1. The van der Waals surface area contributed by atoms with Crippen molar-refractivity contribution in [2.45, 2.75) is 12.5 Å². The summed E-state index contributed by atoms with van der Waals surface area (Å²) in [7, 11) is 0. The zero-order chi connectivity index (χ0) is 44.0. The van der Waals surface area contributed by atoms with Crippen LogP contribution in [0, 0.1) is 0 Å². The molecule has 0 aliphatic carbocycles. The van der Waals surface area contributed by atoms with E-state index in [4.69, 9.17) is 39.1 Å². The highest BCUT2D eigenvalue weighted by molar-refractivity contribution is 5.90. The van der Waals surface area contributed by atoms with Crippen molar-refractivity contribution in [3.63, 3.8) is 0 Å². The number of oxazole rings is 1. The van der Waals surface area contributed by atoms with Gasteiger partial charge in [0.2, 0.25) is 0 Å². The predicted molar refractivity (Wildman–Crippen MR) is 258 cm³/mol. The first kappa shape index (κ1) is 38.7. The molecule has 4 heterocycles. The second-order valence-corrected chi connectivity index (χ2v) is 16.3. The Bertz CT molecular complexity index is 3510. The fourth-order valence-corrected chi connectivity index (χ4v) is 8.73. The number of hydrogen-bond acceptors (Lipinski definition) is 9. The molecule has 0 bridgehead atoms. The van der Waals surface area contributed by atoms with Crippen LogP contribution in [0.3, 0.4) is 0 Å². The fourth-order valence-electron chi connectivity index (χ4n) is 8.73. The number of fused-ring (bicyclic) bond motifs is 4. The molecule has 9 heteroatoms. The van der Waals surface area contributed by atoms with Crippen LogP contribution < -0.4 is 4.74 Å². The van der Waals surface area contributed by atoms with Gasteiger partial charge in [-0.1, -0.05) is 176 Å². The number of benzene rings is 8. The molecule has 1 atom stereocenters. The van der Waals surface area contributed by atoms with Crippen molar-refractivity contribution in [1.82, 2.24) is 34.9 Å². The lowest BCUT2D eigenvalue weighted by Gasteiger charge is -2.38. The van der Waals surface area contributed by atoms with E-state index in [1.54, 1.807) is 0 Å². The molecular weight excluding hydrogens is 815 g/mol. The third-order valence-corrected chi connectivity index (χ3v) is 12.1. The summed E-state index contributed by atoms with van der Waals surface area (Å²) in [4.78, 5) is 34.6. The van der Waals surface area contributed by atoms with Crippen LogP contribution >= 0.6 is 0 Å². The number of para-hydroxylation sites is 1. The fraction of sp³-hybridized carbons (Fsp3) is 0.0351. The molecule has 0 N–H and O–H groups in total. The maximum Gasteiger partial charge on any atom is 0.182 e. The second-order valence-electron chi connectivity index (χ2n) is 16.3. The van der Waals surface area contributed by atoms with Gasteiger partial charge in [-0.25, -0.2) is 34.9 Å². The lowest BCUT2D eigenvalue weighted by molar-refractivity contribution is 0.129. The van der Waals surface area contributed by atoms with Crippen LogP contribution in [0.2, 0.25) is 0 Å². The number of aromatic nitrogens is 7. The van der Waals surface area contributed by atoms with Gasteiger partial charge in [-0.2, -0.15) is 0 Å². The van der Waals surface area contributed by atoms with Gasteiger partial charge >= 0.3 is 0 Å². The topological polar surface area (TPSA) is 113 Å². The summed E-state index contributed by atoms with van der Waals surface area (Å²) in [5.74, 6) is 4.15. The van der Waals surface area contributed by atoms with Crippen LogP contribution in [0.5, 0.6) is 5.75 Å². The summed E-state index contributed by atoms with van der Waals surface area (Å²) >= 11 is 0. The summed E-state index contributed by atoms with van der Waals surface area (Å²) in [6.07, 6.45) is 1.48. The molecule has 1 unspecified atom stereocenters. The molecule has 12 rings (SSSR count). The van der Waals surface area contributed by atoms with Gasteiger partial charge in [-0.3, -0.25) is 0 Å². The Kier molecular flexibility index (Phi) is 9.38. The maximum absolute atomic E-state index is 7.24. The standard InChI is InChI=1S/C57H37N7O2/c1-57(43-21-12-5-13-22-43)47-33-41(55-61-51(37-15-6-2-7-16-37)59-52(62-55)38-17-8-3-9-18-38)29-31-45(47)46-32-30-42(34-49(46)66-57)56-63-53(39-19-10-4-11-20-39)60-54(64-56)40-27-25-36(26-28-40)44-23-14-24-48-50(44)65-35-58-48/h2-35H,1H3. The minimum absolute atomic E-state index is 0.529. The molecule has 8 aromatic carbocycles. The van der Waals surface area contributed by atoms with Crippen molar-refractivity contribution < 1.29 is 9.15 Å². The van der Waals surface area contributed by atoms with Crippen molar-refractivity contribution >= 4 is 11.1 Å². The van der Waals surface area contributed by atoms with Crippen LogP contribution in [0.4, 0.5) is 0 Å². The Morgan fingerprint density at radius 1 is 0.364 bits per heavy atom. The Labute approximate surface area is 380 Å². The van der Waals surface area contributed by atoms with Crippen molar-refractivity contribution in [3.05, 3.63) is 218 Å². The zero-order valence-electron chi connectivity index (χ0n) is 35.6. The van der Waals surface area contributed by atoms with Crippen LogP contribution in [0.25, 0.3) is 102 Å². The highest BCUT2D eigenvalue weighted by Gasteiger charge is 2.39. The smallest absolute Gasteiger partial charge is 0.182 e. The summed E-state index contributed by atoms with van der Waals surface area (Å²) in [6.45, 7) is 2.12. The van der Waals surface area contributed by atoms with E-state index < -0.39 is 5.60 Å². The van der Waals surface area contributed by atoms with Crippen molar-refractivity contribution in [2.24, 2.45) is 0 Å². The van der Waals surface area contributed by atoms with Gasteiger partial charge in [0.1, 0.15) is 11.3 Å². The van der Waals surface area contributed by atoms with E-state index in [2.05, 4.69) is 66.5 Å². The van der Waals surface area contributed by atoms with E-state index >= 15 is 0 Å². The molecule has 0 saturated heterocycles. The Morgan fingerprint density at radius 2 is 0.803 bits per heavy atom. The van der Waals surface area contributed by atoms with E-state index in [1.165, 1.54) is 6.39 Å². The molecule has 3 aromatic heterocycles. The Balaban J connectivity index is 0.972. The highest BCUT2D eigenvalue weighted by Crippen LogP contribution is 2.50. The van der Waals surface area contributed by atoms with E-state index in [0.29, 0.717) is 40.7 Å². The van der Waals surface area contributed by atoms with Gasteiger partial charge in [-0.15, -0.1) is 0 Å². The molecule has 0 saturated carbocycles. The zero-order valence-corrected chi connectivity index (χ0v) is 35.6. The molecule has 11 aromatic rings. The second kappa shape index (κ2) is 16.0. The number of rotatable bonds is 8. The summed E-state index contributed by atoms with van der Waals surface area (Å²) < 4.78 is 13.0. The van der Waals surface area contributed by atoms with Gasteiger partial charge < -0.3 is 9.15 Å². The van der Waals surface area contributed by atoms with E-state index in [-0.39, 0.29) is 0 Å². The Morgan fingerprint density at radius 3 is 1.35 bits per heavy atom. The Hall–Kier alpha value is -8.95. The van der Waals surface area contributed by atoms with Gasteiger partial charge in [-0.05, 0) is 47.9 Å². The lowest BCUT2D eigenvalue weighted by atomic mass is 9.79. The van der Waals surface area contributed by atoms with Gasteiger partial charge in [0.15, 0.2) is 52.5 Å². The summed E-state index contributed by atoms with van der Waals surface area (Å²) in [5, 5.41) is 0. The normalized spacial score (nSPS) is 14.0. The number of hydrogen-bond donors (Lipinski definition) is 0. The van der Waals surface area contributed by atoms with E-state index in [1.807, 2.05) is 146 Å². The molecule has 0 amide bonds. The molecule has 1 aliphatic heterocycles. The third-order valence-electron chi connectivity index (χ3n) is 12.1. The van der Waals surface area contributed by atoms with Crippen molar-refractivity contribution in [3.8, 4) is 96.3 Å². The van der Waals surface area contributed by atoms with Crippen LogP contribution in [0.15, 0.2) is 211 Å². The molecular formula is C57H37N7O2. The first-order chi connectivity index (χ1) is 32.5. The summed E-state index contributed by atoms with van der Waals surface area (Å²) in [5.41, 5.74) is 11.8. The third kappa shape index (κ3) is 6.96. The molecule has 312 valence electrons. The average molecular weight is 852 g/mol. The lowest BCUT2D eigenvalue weighted by Crippen LogP contribution is -2.34. The molecule has 9 nitrogen and oxygen atoms in total. The first-order valence-electron chi connectivity index (χ1n) is 21.7. The quantitative estimate of drug-likeness (QED) is 0.147. The first-order valence-corrected chi connectivity index (χ1v) is 21.7. The monoisotopic (exact) mass is 851 g/mol. The van der Waals surface area contributed by atoms with Gasteiger partial charge in [0.05, 0.1) is 0 Å². The van der Waals surface area contributed by atoms with Crippen LogP contribution in [0.1, 0.15) is 18.1 Å². The minimum Gasteiger partial charge on any atom is -0.477 e. The molecule has 0 radical (unpaired) electrons. The summed E-state index contributed by atoms with van der Waals surface area (Å²) in [6, 6.07) is 67.1. The van der Waals surface area contributed by atoms with Gasteiger partial charge in [0.25, 0.3) is 0 Å². The minimum atomic E-state index is -0.896. The molecule has 1 aliphatic rings. The van der Waals surface area contributed by atoms with Gasteiger partial charge in [0, 0.05) is 50.1 Å². The SMILES string of the molecule is CC1(c2ccccc2)Oc2cc(-c3nc(-c4ccccc4)nc(-c4ccc(-c5cccc6ncoc56)cc4)n3)ccc2-c2ccc(-c3nc(-c4ccccc4)nc(-c4ccccc4)n3)cc21. The van der Waals surface area contributed by atoms with Crippen LogP contribution in [-0.2, 0) is 5.60 Å². The average Bonchev–Trinajstić information content (AvgIpc) is 3.89.